The Balaban J connectivity index is 2.49. The fourth-order valence-electron chi connectivity index (χ4n) is 1.25. The summed E-state index contributed by atoms with van der Waals surface area (Å²) < 4.78 is 6.89. The molecule has 0 amide bonds. The van der Waals surface area contributed by atoms with Gasteiger partial charge in [0.2, 0.25) is 5.78 Å². The number of aromatic nitrogens is 3. The molecule has 0 saturated carbocycles. The van der Waals surface area contributed by atoms with Crippen LogP contribution in [-0.2, 0) is 11.3 Å². The molecule has 0 unspecified atom stereocenters. The molecule has 0 radical (unpaired) electrons. The van der Waals surface area contributed by atoms with Gasteiger partial charge in [0.15, 0.2) is 0 Å². The molecule has 0 aliphatic heterocycles. The monoisotopic (exact) mass is 177 g/mol. The van der Waals surface area contributed by atoms with E-state index in [0.717, 1.165) is 17.0 Å². The number of fused-ring (bicyclic) bond motifs is 1. The van der Waals surface area contributed by atoms with Gasteiger partial charge < -0.3 is 4.74 Å². The van der Waals surface area contributed by atoms with Crippen molar-refractivity contribution in [2.75, 3.05) is 7.11 Å². The Hall–Kier alpha value is -1.42. The van der Waals surface area contributed by atoms with E-state index in [9.17, 15) is 0 Å². The zero-order valence-corrected chi connectivity index (χ0v) is 7.69. The van der Waals surface area contributed by atoms with Crippen molar-refractivity contribution in [2.24, 2.45) is 0 Å². The van der Waals surface area contributed by atoms with E-state index in [2.05, 4.69) is 9.97 Å². The molecular formula is C9H11N3O. The predicted molar refractivity (Wildman–Crippen MR) is 48.4 cm³/mol. The second-order valence-electron chi connectivity index (χ2n) is 3.00. The normalized spacial score (nSPS) is 10.9. The molecule has 4 heteroatoms. The number of nitrogens with zero attached hydrogens (tertiary/aromatic N) is 3. The first kappa shape index (κ1) is 8.19. The molecule has 2 aromatic heterocycles. The number of imidazole rings is 1. The molecule has 0 aromatic carbocycles. The number of aryl methyl sites for hydroxylation is 1. The summed E-state index contributed by atoms with van der Waals surface area (Å²) >= 11 is 0. The van der Waals surface area contributed by atoms with Crippen molar-refractivity contribution < 1.29 is 4.74 Å². The van der Waals surface area contributed by atoms with Crippen molar-refractivity contribution in [1.29, 1.82) is 0 Å². The summed E-state index contributed by atoms with van der Waals surface area (Å²) in [4.78, 5) is 8.45. The highest BCUT2D eigenvalue weighted by molar-refractivity contribution is 5.31. The van der Waals surface area contributed by atoms with Gasteiger partial charge >= 0.3 is 0 Å². The van der Waals surface area contributed by atoms with E-state index >= 15 is 0 Å². The summed E-state index contributed by atoms with van der Waals surface area (Å²) in [6.07, 6.45) is 5.73. The summed E-state index contributed by atoms with van der Waals surface area (Å²) in [7, 11) is 1.66. The molecule has 2 aromatic rings. The first-order valence-electron chi connectivity index (χ1n) is 4.09. The zero-order chi connectivity index (χ0) is 9.26. The van der Waals surface area contributed by atoms with Crippen molar-refractivity contribution >= 4 is 5.78 Å². The fraction of sp³-hybridized carbons (Fsp3) is 0.333. The van der Waals surface area contributed by atoms with Gasteiger partial charge in [-0.05, 0) is 12.5 Å². The van der Waals surface area contributed by atoms with Gasteiger partial charge in [0.05, 0.1) is 12.3 Å². The van der Waals surface area contributed by atoms with Crippen LogP contribution in [0.15, 0.2) is 18.6 Å². The highest BCUT2D eigenvalue weighted by Crippen LogP contribution is 2.04. The average Bonchev–Trinajstić information content (AvgIpc) is 2.46. The Kier molecular flexibility index (Phi) is 1.98. The van der Waals surface area contributed by atoms with Crippen LogP contribution in [-0.4, -0.2) is 21.5 Å². The van der Waals surface area contributed by atoms with Crippen LogP contribution in [0.25, 0.3) is 5.78 Å². The lowest BCUT2D eigenvalue weighted by Gasteiger charge is -1.92. The summed E-state index contributed by atoms with van der Waals surface area (Å²) in [5.74, 6) is 0.720. The molecule has 0 fully saturated rings. The van der Waals surface area contributed by atoms with Crippen LogP contribution in [0, 0.1) is 6.92 Å². The SMILES string of the molecule is COCc1cn2cc(C)cnc2n1. The van der Waals surface area contributed by atoms with Gasteiger partial charge in [0.25, 0.3) is 0 Å². The lowest BCUT2D eigenvalue weighted by Crippen LogP contribution is -1.87. The molecule has 0 atom stereocenters. The Morgan fingerprint density at radius 1 is 1.46 bits per heavy atom. The minimum atomic E-state index is 0.530. The number of methoxy groups -OCH3 is 1. The Labute approximate surface area is 76.2 Å². The van der Waals surface area contributed by atoms with Crippen LogP contribution in [0.1, 0.15) is 11.3 Å². The Morgan fingerprint density at radius 3 is 3.08 bits per heavy atom. The topological polar surface area (TPSA) is 39.4 Å². The molecule has 0 spiro atoms. The average molecular weight is 177 g/mol. The molecule has 4 nitrogen and oxygen atoms in total. The molecule has 13 heavy (non-hydrogen) atoms. The van der Waals surface area contributed by atoms with E-state index in [1.165, 1.54) is 0 Å². The molecule has 0 saturated heterocycles. The van der Waals surface area contributed by atoms with Crippen LogP contribution < -0.4 is 0 Å². The van der Waals surface area contributed by atoms with E-state index in [4.69, 9.17) is 4.74 Å². The molecule has 0 bridgehead atoms. The maximum atomic E-state index is 4.98. The van der Waals surface area contributed by atoms with Gasteiger partial charge in [-0.25, -0.2) is 9.97 Å². The smallest absolute Gasteiger partial charge is 0.234 e. The number of hydrogen-bond acceptors (Lipinski definition) is 3. The first-order chi connectivity index (χ1) is 6.29. The third kappa shape index (κ3) is 1.53. The van der Waals surface area contributed by atoms with Gasteiger partial charge in [-0.15, -0.1) is 0 Å². The van der Waals surface area contributed by atoms with Gasteiger partial charge in [-0.2, -0.15) is 0 Å². The van der Waals surface area contributed by atoms with Crippen LogP contribution in [0.3, 0.4) is 0 Å². The largest absolute Gasteiger partial charge is 0.378 e. The minimum absolute atomic E-state index is 0.530. The van der Waals surface area contributed by atoms with Gasteiger partial charge in [0.1, 0.15) is 0 Å². The van der Waals surface area contributed by atoms with Crippen molar-refractivity contribution in [2.45, 2.75) is 13.5 Å². The zero-order valence-electron chi connectivity index (χ0n) is 7.69. The standard InChI is InChI=1S/C9H11N3O/c1-7-3-10-9-11-8(6-13-2)5-12(9)4-7/h3-5H,6H2,1-2H3. The van der Waals surface area contributed by atoms with Crippen molar-refractivity contribution in [3.8, 4) is 0 Å². The molecular weight excluding hydrogens is 166 g/mol. The summed E-state index contributed by atoms with van der Waals surface area (Å²) in [5, 5.41) is 0. The van der Waals surface area contributed by atoms with Crippen LogP contribution in [0.4, 0.5) is 0 Å². The minimum Gasteiger partial charge on any atom is -0.378 e. The molecule has 0 N–H and O–H groups in total. The number of rotatable bonds is 2. The molecule has 2 rings (SSSR count). The van der Waals surface area contributed by atoms with Gasteiger partial charge in [-0.3, -0.25) is 4.40 Å². The van der Waals surface area contributed by atoms with Gasteiger partial charge in [0, 0.05) is 25.7 Å². The maximum absolute atomic E-state index is 4.98. The van der Waals surface area contributed by atoms with E-state index in [0.29, 0.717) is 6.61 Å². The number of ether oxygens (including phenoxy) is 1. The third-order valence-corrected chi connectivity index (χ3v) is 1.78. The van der Waals surface area contributed by atoms with E-state index in [1.807, 2.05) is 23.7 Å². The Morgan fingerprint density at radius 2 is 2.31 bits per heavy atom. The highest BCUT2D eigenvalue weighted by atomic mass is 16.5. The highest BCUT2D eigenvalue weighted by Gasteiger charge is 2.01. The number of hydrogen-bond donors (Lipinski definition) is 0. The summed E-state index contributed by atoms with van der Waals surface area (Å²) in [6, 6.07) is 0. The lowest BCUT2D eigenvalue weighted by molar-refractivity contribution is 0.182. The van der Waals surface area contributed by atoms with E-state index < -0.39 is 0 Å². The van der Waals surface area contributed by atoms with Crippen LogP contribution in [0.2, 0.25) is 0 Å². The summed E-state index contributed by atoms with van der Waals surface area (Å²) in [5.41, 5.74) is 2.02. The second kappa shape index (κ2) is 3.14. The predicted octanol–water partition coefficient (Wildman–Crippen LogP) is 1.18. The van der Waals surface area contributed by atoms with Crippen molar-refractivity contribution in [3.05, 3.63) is 29.8 Å². The van der Waals surface area contributed by atoms with Crippen molar-refractivity contribution in [3.63, 3.8) is 0 Å². The fourth-order valence-corrected chi connectivity index (χ4v) is 1.25. The molecule has 68 valence electrons. The van der Waals surface area contributed by atoms with Crippen LogP contribution >= 0.6 is 0 Å². The quantitative estimate of drug-likeness (QED) is 0.691. The lowest BCUT2D eigenvalue weighted by atomic mass is 10.4. The first-order valence-corrected chi connectivity index (χ1v) is 4.09. The Bertz CT molecular complexity index is 422. The molecule has 0 aliphatic rings. The molecule has 2 heterocycles. The second-order valence-corrected chi connectivity index (χ2v) is 3.00. The van der Waals surface area contributed by atoms with Gasteiger partial charge in [-0.1, -0.05) is 0 Å². The summed E-state index contributed by atoms with van der Waals surface area (Å²) in [6.45, 7) is 2.53. The van der Waals surface area contributed by atoms with Crippen LogP contribution in [0.5, 0.6) is 0 Å². The van der Waals surface area contributed by atoms with E-state index in [-0.39, 0.29) is 0 Å². The van der Waals surface area contributed by atoms with Crippen molar-refractivity contribution in [1.82, 2.24) is 14.4 Å². The third-order valence-electron chi connectivity index (χ3n) is 1.78. The van der Waals surface area contributed by atoms with E-state index in [1.54, 1.807) is 13.3 Å². The maximum Gasteiger partial charge on any atom is 0.234 e. The molecule has 0 aliphatic carbocycles.